The van der Waals surface area contributed by atoms with E-state index in [0.29, 0.717) is 6.42 Å². The lowest BCUT2D eigenvalue weighted by Gasteiger charge is -2.20. The van der Waals surface area contributed by atoms with E-state index in [9.17, 15) is 23.1 Å². The first-order chi connectivity index (χ1) is 11.0. The number of halogens is 1. The molecule has 1 aromatic rings. The van der Waals surface area contributed by atoms with Gasteiger partial charge < -0.3 is 10.4 Å². The van der Waals surface area contributed by atoms with Crippen LogP contribution in [0, 0.1) is 5.92 Å². The van der Waals surface area contributed by atoms with Crippen LogP contribution in [0.3, 0.4) is 0 Å². The fourth-order valence-electron chi connectivity index (χ4n) is 1.95. The van der Waals surface area contributed by atoms with E-state index in [1.165, 1.54) is 26.2 Å². The Labute approximate surface area is 146 Å². The molecule has 9 heteroatoms. The summed E-state index contributed by atoms with van der Waals surface area (Å²) < 4.78 is 25.3. The van der Waals surface area contributed by atoms with Crippen LogP contribution >= 0.6 is 11.6 Å². The standard InChI is InChI=1S/C15H21ClN2O5S/c1-5-9(2)13(15(20)21)17-14(19)11-8-10(6-7-12(11)16)24(22,23)18(3)4/h6-9,13H,5H2,1-4H3,(H,17,19)(H,20,21)/t9-,13+/m0/s1. The quantitative estimate of drug-likeness (QED) is 0.755. The monoisotopic (exact) mass is 376 g/mol. The molecule has 2 atom stereocenters. The Balaban J connectivity index is 3.22. The smallest absolute Gasteiger partial charge is 0.326 e. The molecule has 24 heavy (non-hydrogen) atoms. The van der Waals surface area contributed by atoms with Crippen molar-refractivity contribution < 1.29 is 23.1 Å². The molecule has 0 aromatic heterocycles. The number of nitrogens with one attached hydrogen (secondary N) is 1. The van der Waals surface area contributed by atoms with Gasteiger partial charge in [0.1, 0.15) is 6.04 Å². The summed E-state index contributed by atoms with van der Waals surface area (Å²) in [7, 11) is -1.00. The number of amides is 1. The number of carbonyl (C=O) groups is 2. The summed E-state index contributed by atoms with van der Waals surface area (Å²) in [5, 5.41) is 11.7. The molecule has 0 aliphatic heterocycles. The molecule has 0 unspecified atom stereocenters. The molecular formula is C15H21ClN2O5S. The molecule has 0 radical (unpaired) electrons. The molecule has 0 aliphatic rings. The van der Waals surface area contributed by atoms with Crippen LogP contribution < -0.4 is 5.32 Å². The number of carboxylic acid groups (broad SMARTS) is 1. The summed E-state index contributed by atoms with van der Waals surface area (Å²) >= 11 is 5.98. The Morgan fingerprint density at radius 2 is 1.92 bits per heavy atom. The number of rotatable bonds is 7. The molecule has 7 nitrogen and oxygen atoms in total. The van der Waals surface area contributed by atoms with Gasteiger partial charge in [-0.15, -0.1) is 0 Å². The van der Waals surface area contributed by atoms with Crippen LogP contribution in [-0.4, -0.2) is 49.8 Å². The topological polar surface area (TPSA) is 104 Å². The predicted octanol–water partition coefficient (Wildman–Crippen LogP) is 1.82. The average Bonchev–Trinajstić information content (AvgIpc) is 2.51. The third-order valence-electron chi connectivity index (χ3n) is 3.73. The van der Waals surface area contributed by atoms with Gasteiger partial charge in [-0.05, 0) is 24.1 Å². The Bertz CT molecular complexity index is 733. The van der Waals surface area contributed by atoms with E-state index in [2.05, 4.69) is 5.32 Å². The molecule has 0 saturated carbocycles. The predicted molar refractivity (Wildman–Crippen MR) is 90.7 cm³/mol. The second-order valence-corrected chi connectivity index (χ2v) is 8.16. The van der Waals surface area contributed by atoms with Crippen LogP contribution in [0.5, 0.6) is 0 Å². The number of nitrogens with zero attached hydrogens (tertiary/aromatic N) is 1. The lowest BCUT2D eigenvalue weighted by Crippen LogP contribution is -2.45. The minimum Gasteiger partial charge on any atom is -0.480 e. The molecule has 0 spiro atoms. The number of hydrogen-bond donors (Lipinski definition) is 2. The van der Waals surface area contributed by atoms with Crippen molar-refractivity contribution in [2.45, 2.75) is 31.2 Å². The molecule has 0 heterocycles. The van der Waals surface area contributed by atoms with Gasteiger partial charge in [0.15, 0.2) is 0 Å². The highest BCUT2D eigenvalue weighted by atomic mass is 35.5. The molecule has 0 fully saturated rings. The number of hydrogen-bond acceptors (Lipinski definition) is 4. The number of carboxylic acids is 1. The number of sulfonamides is 1. The van der Waals surface area contributed by atoms with E-state index >= 15 is 0 Å². The van der Waals surface area contributed by atoms with E-state index in [-0.39, 0.29) is 21.4 Å². The third-order valence-corrected chi connectivity index (χ3v) is 5.87. The van der Waals surface area contributed by atoms with Crippen molar-refractivity contribution in [1.29, 1.82) is 0 Å². The van der Waals surface area contributed by atoms with Gasteiger partial charge in [-0.3, -0.25) is 4.79 Å². The second kappa shape index (κ2) is 7.96. The number of carbonyl (C=O) groups excluding carboxylic acids is 1. The fraction of sp³-hybridized carbons (Fsp3) is 0.467. The van der Waals surface area contributed by atoms with Gasteiger partial charge in [0.2, 0.25) is 10.0 Å². The molecule has 0 bridgehead atoms. The Morgan fingerprint density at radius 3 is 2.38 bits per heavy atom. The normalized spacial score (nSPS) is 14.2. The van der Waals surface area contributed by atoms with Crippen molar-refractivity contribution in [3.63, 3.8) is 0 Å². The highest BCUT2D eigenvalue weighted by Crippen LogP contribution is 2.22. The van der Waals surface area contributed by atoms with Crippen LogP contribution in [0.2, 0.25) is 5.02 Å². The van der Waals surface area contributed by atoms with Gasteiger partial charge in [-0.1, -0.05) is 31.9 Å². The summed E-state index contributed by atoms with van der Waals surface area (Å²) in [5.41, 5.74) is -0.0888. The second-order valence-electron chi connectivity index (χ2n) is 5.60. The highest BCUT2D eigenvalue weighted by molar-refractivity contribution is 7.89. The van der Waals surface area contributed by atoms with Gasteiger partial charge in [0, 0.05) is 14.1 Å². The zero-order valence-electron chi connectivity index (χ0n) is 13.9. The summed E-state index contributed by atoms with van der Waals surface area (Å²) in [5.74, 6) is -2.19. The zero-order chi connectivity index (χ0) is 18.7. The van der Waals surface area contributed by atoms with Crippen LogP contribution in [0.25, 0.3) is 0 Å². The molecule has 134 valence electrons. The van der Waals surface area contributed by atoms with Gasteiger partial charge in [-0.25, -0.2) is 17.5 Å². The van der Waals surface area contributed by atoms with E-state index in [4.69, 9.17) is 11.6 Å². The van der Waals surface area contributed by atoms with Crippen LogP contribution in [-0.2, 0) is 14.8 Å². The number of aliphatic carboxylic acids is 1. The van der Waals surface area contributed by atoms with Crippen molar-refractivity contribution in [2.75, 3.05) is 14.1 Å². The molecular weight excluding hydrogens is 356 g/mol. The Hall–Kier alpha value is -1.64. The van der Waals surface area contributed by atoms with Crippen LogP contribution in [0.4, 0.5) is 0 Å². The first kappa shape index (κ1) is 20.4. The van der Waals surface area contributed by atoms with Gasteiger partial charge in [0.05, 0.1) is 15.5 Å². The molecule has 0 saturated heterocycles. The van der Waals surface area contributed by atoms with Crippen molar-refractivity contribution in [2.24, 2.45) is 5.92 Å². The highest BCUT2D eigenvalue weighted by Gasteiger charge is 2.27. The maximum absolute atomic E-state index is 12.4. The summed E-state index contributed by atoms with van der Waals surface area (Å²) in [6.07, 6.45) is 0.556. The largest absolute Gasteiger partial charge is 0.480 e. The SMILES string of the molecule is CC[C@H](C)[C@@H](NC(=O)c1cc(S(=O)(=O)N(C)C)ccc1Cl)C(=O)O. The Morgan fingerprint density at radius 1 is 1.33 bits per heavy atom. The summed E-state index contributed by atoms with van der Waals surface area (Å²) in [6.45, 7) is 3.51. The fourth-order valence-corrected chi connectivity index (χ4v) is 3.08. The number of benzene rings is 1. The van der Waals surface area contributed by atoms with Crippen molar-refractivity contribution in [3.05, 3.63) is 28.8 Å². The molecule has 2 N–H and O–H groups in total. The van der Waals surface area contributed by atoms with E-state index in [0.717, 1.165) is 10.4 Å². The zero-order valence-corrected chi connectivity index (χ0v) is 15.5. The lowest BCUT2D eigenvalue weighted by molar-refractivity contribution is -0.140. The van der Waals surface area contributed by atoms with Gasteiger partial charge in [-0.2, -0.15) is 0 Å². The molecule has 0 aliphatic carbocycles. The Kier molecular flexibility index (Phi) is 6.76. The van der Waals surface area contributed by atoms with Crippen molar-refractivity contribution >= 4 is 33.5 Å². The average molecular weight is 377 g/mol. The summed E-state index contributed by atoms with van der Waals surface area (Å²) in [4.78, 5) is 23.6. The first-order valence-electron chi connectivity index (χ1n) is 7.28. The molecule has 1 rings (SSSR count). The van der Waals surface area contributed by atoms with E-state index < -0.39 is 27.9 Å². The van der Waals surface area contributed by atoms with Crippen LogP contribution in [0.1, 0.15) is 30.6 Å². The molecule has 1 aromatic carbocycles. The van der Waals surface area contributed by atoms with Gasteiger partial charge in [0.25, 0.3) is 5.91 Å². The van der Waals surface area contributed by atoms with E-state index in [1.54, 1.807) is 6.92 Å². The first-order valence-corrected chi connectivity index (χ1v) is 9.09. The summed E-state index contributed by atoms with van der Waals surface area (Å²) in [6, 6.07) is 2.64. The maximum atomic E-state index is 12.4. The third kappa shape index (κ3) is 4.46. The van der Waals surface area contributed by atoms with Crippen LogP contribution in [0.15, 0.2) is 23.1 Å². The minimum atomic E-state index is -3.74. The van der Waals surface area contributed by atoms with E-state index in [1.807, 2.05) is 6.92 Å². The van der Waals surface area contributed by atoms with Crippen molar-refractivity contribution in [3.8, 4) is 0 Å². The lowest BCUT2D eigenvalue weighted by atomic mass is 9.99. The van der Waals surface area contributed by atoms with Crippen molar-refractivity contribution in [1.82, 2.24) is 9.62 Å². The maximum Gasteiger partial charge on any atom is 0.326 e. The van der Waals surface area contributed by atoms with Gasteiger partial charge >= 0.3 is 5.97 Å². The molecule has 1 amide bonds. The minimum absolute atomic E-state index is 0.0403.